The molecule has 1 aromatic heterocycles. The maximum absolute atomic E-state index is 13.4. The molecule has 33 heavy (non-hydrogen) atoms. The lowest BCUT2D eigenvalue weighted by Gasteiger charge is -2.34. The predicted molar refractivity (Wildman–Crippen MR) is 130 cm³/mol. The van der Waals surface area contributed by atoms with E-state index in [9.17, 15) is 4.39 Å². The molecule has 1 saturated heterocycles. The zero-order valence-corrected chi connectivity index (χ0v) is 20.1. The first-order valence-corrected chi connectivity index (χ1v) is 11.7. The van der Waals surface area contributed by atoms with E-state index in [1.54, 1.807) is 0 Å². The van der Waals surface area contributed by atoms with Gasteiger partial charge in [0.15, 0.2) is 11.5 Å². The van der Waals surface area contributed by atoms with Gasteiger partial charge < -0.3 is 16.0 Å². The Morgan fingerprint density at radius 2 is 1.79 bits per heavy atom. The summed E-state index contributed by atoms with van der Waals surface area (Å²) in [5.74, 6) is 0.147. The summed E-state index contributed by atoms with van der Waals surface area (Å²) in [6.07, 6.45) is 0. The van der Waals surface area contributed by atoms with Crippen LogP contribution in [0.1, 0.15) is 23.7 Å². The average molecular weight is 516 g/mol. The third-order valence-corrected chi connectivity index (χ3v) is 6.29. The SMILES string of the molecule is CCN1CCN(Cc2ccc(CNc3nonc3C(N)=Nc3ccc(F)c(Br)c3)cc2)CC1. The minimum absolute atomic E-state index is 0.121. The number of rotatable bonds is 8. The molecule has 3 aromatic rings. The van der Waals surface area contributed by atoms with Crippen molar-refractivity contribution in [3.63, 3.8) is 0 Å². The van der Waals surface area contributed by atoms with E-state index in [0.29, 0.717) is 28.2 Å². The number of aromatic nitrogens is 2. The molecule has 2 heterocycles. The Morgan fingerprint density at radius 1 is 1.09 bits per heavy atom. The lowest BCUT2D eigenvalue weighted by Crippen LogP contribution is -2.45. The van der Waals surface area contributed by atoms with Crippen molar-refractivity contribution in [2.75, 3.05) is 38.0 Å². The van der Waals surface area contributed by atoms with E-state index < -0.39 is 0 Å². The average Bonchev–Trinajstić information content (AvgIpc) is 3.30. The molecule has 0 amide bonds. The van der Waals surface area contributed by atoms with Gasteiger partial charge in [-0.15, -0.1) is 0 Å². The summed E-state index contributed by atoms with van der Waals surface area (Å²) >= 11 is 3.14. The van der Waals surface area contributed by atoms with Gasteiger partial charge in [-0.25, -0.2) is 14.0 Å². The van der Waals surface area contributed by atoms with E-state index >= 15 is 0 Å². The number of amidine groups is 1. The molecule has 4 rings (SSSR count). The van der Waals surface area contributed by atoms with Crippen molar-refractivity contribution in [1.29, 1.82) is 0 Å². The molecule has 0 saturated carbocycles. The Labute approximate surface area is 200 Å². The van der Waals surface area contributed by atoms with Crippen molar-refractivity contribution in [1.82, 2.24) is 20.1 Å². The number of piperazine rings is 1. The molecule has 2 aromatic carbocycles. The highest BCUT2D eigenvalue weighted by atomic mass is 79.9. The van der Waals surface area contributed by atoms with Gasteiger partial charge in [-0.05, 0) is 62.1 Å². The van der Waals surface area contributed by atoms with E-state index in [0.717, 1.165) is 44.8 Å². The van der Waals surface area contributed by atoms with E-state index in [-0.39, 0.29) is 11.7 Å². The number of anilines is 1. The van der Waals surface area contributed by atoms with Gasteiger partial charge in [0.05, 0.1) is 10.2 Å². The molecule has 1 fully saturated rings. The monoisotopic (exact) mass is 515 g/mol. The summed E-state index contributed by atoms with van der Waals surface area (Å²) in [6, 6.07) is 12.9. The number of likely N-dealkylation sites (N-methyl/N-ethyl adjacent to an activating group) is 1. The molecular weight excluding hydrogens is 489 g/mol. The Balaban J connectivity index is 1.34. The first-order valence-electron chi connectivity index (χ1n) is 10.9. The fraction of sp³-hybridized carbons (Fsp3) is 0.348. The number of halogens is 2. The van der Waals surface area contributed by atoms with Crippen LogP contribution in [-0.4, -0.2) is 58.7 Å². The summed E-state index contributed by atoms with van der Waals surface area (Å²) < 4.78 is 18.6. The third kappa shape index (κ3) is 6.16. The van der Waals surface area contributed by atoms with Crippen molar-refractivity contribution in [3.8, 4) is 0 Å². The molecule has 0 aliphatic carbocycles. The first kappa shape index (κ1) is 23.3. The number of benzene rings is 2. The van der Waals surface area contributed by atoms with E-state index in [1.807, 2.05) is 0 Å². The third-order valence-electron chi connectivity index (χ3n) is 5.69. The second-order valence-electron chi connectivity index (χ2n) is 7.94. The lowest BCUT2D eigenvalue weighted by molar-refractivity contribution is 0.132. The van der Waals surface area contributed by atoms with Gasteiger partial charge in [0.25, 0.3) is 0 Å². The molecule has 8 nitrogen and oxygen atoms in total. The maximum Gasteiger partial charge on any atom is 0.202 e. The molecule has 1 aliphatic heterocycles. The highest BCUT2D eigenvalue weighted by molar-refractivity contribution is 9.10. The molecule has 0 spiro atoms. The standard InChI is InChI=1S/C23H27BrFN7O/c1-2-31-9-11-32(12-10-31)15-17-5-3-16(4-6-17)14-27-23-21(29-33-30-23)22(26)28-18-7-8-20(25)19(24)13-18/h3-8,13H,2,9-12,14-15H2,1H3,(H2,26,28)(H,27,30). The topological polar surface area (TPSA) is 95.8 Å². The number of nitrogens with zero attached hydrogens (tertiary/aromatic N) is 5. The molecule has 0 bridgehead atoms. The second-order valence-corrected chi connectivity index (χ2v) is 8.79. The van der Waals surface area contributed by atoms with Crippen LogP contribution in [0.4, 0.5) is 15.9 Å². The first-order chi connectivity index (χ1) is 16.0. The smallest absolute Gasteiger partial charge is 0.202 e. The highest BCUT2D eigenvalue weighted by Gasteiger charge is 2.16. The largest absolute Gasteiger partial charge is 0.382 e. The number of aliphatic imine (C=N–C) groups is 1. The summed E-state index contributed by atoms with van der Waals surface area (Å²) in [6.45, 7) is 9.33. The molecule has 1 aliphatic rings. The summed E-state index contributed by atoms with van der Waals surface area (Å²) in [7, 11) is 0. The van der Waals surface area contributed by atoms with Crippen LogP contribution in [0.25, 0.3) is 0 Å². The van der Waals surface area contributed by atoms with Crippen molar-refractivity contribution >= 4 is 33.3 Å². The number of hydrogen-bond acceptors (Lipinski definition) is 7. The minimum Gasteiger partial charge on any atom is -0.382 e. The summed E-state index contributed by atoms with van der Waals surface area (Å²) in [5, 5.41) is 10.9. The molecule has 3 N–H and O–H groups in total. The predicted octanol–water partition coefficient (Wildman–Crippen LogP) is 3.76. The number of nitrogens with one attached hydrogen (secondary N) is 1. The summed E-state index contributed by atoms with van der Waals surface area (Å²) in [4.78, 5) is 9.26. The normalized spacial score (nSPS) is 15.7. The second kappa shape index (κ2) is 10.9. The van der Waals surface area contributed by atoms with Crippen molar-refractivity contribution < 1.29 is 9.02 Å². The van der Waals surface area contributed by atoms with Crippen molar-refractivity contribution in [2.24, 2.45) is 10.7 Å². The zero-order valence-electron chi connectivity index (χ0n) is 18.5. The zero-order chi connectivity index (χ0) is 23.2. The van der Waals surface area contributed by atoms with Crippen molar-refractivity contribution in [2.45, 2.75) is 20.0 Å². The molecule has 0 atom stereocenters. The minimum atomic E-state index is -0.372. The molecule has 174 valence electrons. The molecule has 10 heteroatoms. The van der Waals surface area contributed by atoms with Crippen LogP contribution >= 0.6 is 15.9 Å². The van der Waals surface area contributed by atoms with Crippen LogP contribution in [0.3, 0.4) is 0 Å². The van der Waals surface area contributed by atoms with E-state index in [1.165, 1.54) is 23.8 Å². The van der Waals surface area contributed by atoms with Gasteiger partial charge in [0.2, 0.25) is 5.82 Å². The maximum atomic E-state index is 13.4. The van der Waals surface area contributed by atoms with Crippen molar-refractivity contribution in [3.05, 3.63) is 69.6 Å². The fourth-order valence-corrected chi connectivity index (χ4v) is 4.06. The van der Waals surface area contributed by atoms with Gasteiger partial charge in [0, 0.05) is 39.3 Å². The van der Waals surface area contributed by atoms with Gasteiger partial charge in [-0.2, -0.15) is 0 Å². The Hall–Kier alpha value is -2.82. The Morgan fingerprint density at radius 3 is 2.48 bits per heavy atom. The number of hydrogen-bond donors (Lipinski definition) is 2. The Bertz CT molecular complexity index is 1090. The molecule has 0 unspecified atom stereocenters. The quantitative estimate of drug-likeness (QED) is 0.348. The van der Waals surface area contributed by atoms with Crippen LogP contribution in [0.2, 0.25) is 0 Å². The van der Waals surface area contributed by atoms with Crippen LogP contribution < -0.4 is 11.1 Å². The van der Waals surface area contributed by atoms with Crippen LogP contribution in [-0.2, 0) is 13.1 Å². The van der Waals surface area contributed by atoms with Gasteiger partial charge in [-0.3, -0.25) is 4.90 Å². The van der Waals surface area contributed by atoms with Gasteiger partial charge in [0.1, 0.15) is 5.82 Å². The summed E-state index contributed by atoms with van der Waals surface area (Å²) in [5.41, 5.74) is 9.28. The number of nitrogens with two attached hydrogens (primary N) is 1. The van der Waals surface area contributed by atoms with Gasteiger partial charge >= 0.3 is 0 Å². The van der Waals surface area contributed by atoms with Crippen LogP contribution in [0.5, 0.6) is 0 Å². The van der Waals surface area contributed by atoms with E-state index in [2.05, 4.69) is 77.5 Å². The lowest BCUT2D eigenvalue weighted by atomic mass is 10.1. The van der Waals surface area contributed by atoms with E-state index in [4.69, 9.17) is 10.4 Å². The van der Waals surface area contributed by atoms with Crippen LogP contribution in [0.15, 0.2) is 56.6 Å². The van der Waals surface area contributed by atoms with Gasteiger partial charge in [-0.1, -0.05) is 31.2 Å². The molecule has 0 radical (unpaired) electrons. The highest BCUT2D eigenvalue weighted by Crippen LogP contribution is 2.23. The molecular formula is C23H27BrFN7O. The Kier molecular flexibility index (Phi) is 7.69. The fourth-order valence-electron chi connectivity index (χ4n) is 3.69. The van der Waals surface area contributed by atoms with Crippen LogP contribution in [0, 0.1) is 5.82 Å².